The molecule has 0 fully saturated rings. The summed E-state index contributed by atoms with van der Waals surface area (Å²) in [6.45, 7) is 0. The second kappa shape index (κ2) is 5.24. The van der Waals surface area contributed by atoms with Gasteiger partial charge in [0.15, 0.2) is 5.82 Å². The molecular formula is C11H8ClFN4S. The molecule has 2 aromatic rings. The molecule has 0 aliphatic carbocycles. The Labute approximate surface area is 113 Å². The zero-order valence-corrected chi connectivity index (χ0v) is 10.6. The van der Waals surface area contributed by atoms with Gasteiger partial charge in [0.2, 0.25) is 0 Å². The monoisotopic (exact) mass is 282 g/mol. The number of benzene rings is 1. The van der Waals surface area contributed by atoms with Crippen molar-refractivity contribution >= 4 is 40.3 Å². The third kappa shape index (κ3) is 2.91. The first-order valence-corrected chi connectivity index (χ1v) is 5.69. The Balaban J connectivity index is 2.37. The van der Waals surface area contributed by atoms with E-state index in [0.29, 0.717) is 17.2 Å². The van der Waals surface area contributed by atoms with E-state index in [1.165, 1.54) is 24.5 Å². The van der Waals surface area contributed by atoms with E-state index in [1.54, 1.807) is 6.07 Å². The molecular weight excluding hydrogens is 275 g/mol. The second-order valence-corrected chi connectivity index (χ2v) is 4.28. The SMILES string of the molecule is NC(=S)c1nccnc1Nc1cc(F)cc(Cl)c1. The van der Waals surface area contributed by atoms with Crippen LogP contribution in [0.25, 0.3) is 0 Å². The molecule has 0 unspecified atom stereocenters. The van der Waals surface area contributed by atoms with Crippen LogP contribution in [0.15, 0.2) is 30.6 Å². The molecule has 1 aromatic carbocycles. The van der Waals surface area contributed by atoms with Gasteiger partial charge in [0.05, 0.1) is 0 Å². The molecule has 2 rings (SSSR count). The molecule has 18 heavy (non-hydrogen) atoms. The van der Waals surface area contributed by atoms with Gasteiger partial charge in [0, 0.05) is 23.1 Å². The highest BCUT2D eigenvalue weighted by molar-refractivity contribution is 7.80. The Morgan fingerprint density at radius 3 is 2.67 bits per heavy atom. The minimum Gasteiger partial charge on any atom is -0.388 e. The van der Waals surface area contributed by atoms with Crippen LogP contribution in [0, 0.1) is 5.82 Å². The summed E-state index contributed by atoms with van der Waals surface area (Å²) in [4.78, 5) is 8.15. The van der Waals surface area contributed by atoms with E-state index < -0.39 is 5.82 Å². The lowest BCUT2D eigenvalue weighted by Crippen LogP contribution is -2.14. The van der Waals surface area contributed by atoms with E-state index in [-0.39, 0.29) is 10.0 Å². The Morgan fingerprint density at radius 2 is 2.00 bits per heavy atom. The lowest BCUT2D eigenvalue weighted by Gasteiger charge is -2.09. The lowest BCUT2D eigenvalue weighted by molar-refractivity contribution is 0.628. The van der Waals surface area contributed by atoms with Crippen LogP contribution in [-0.4, -0.2) is 15.0 Å². The lowest BCUT2D eigenvalue weighted by atomic mass is 10.3. The molecule has 0 atom stereocenters. The third-order valence-corrected chi connectivity index (χ3v) is 2.47. The molecule has 0 saturated heterocycles. The maximum absolute atomic E-state index is 13.2. The van der Waals surface area contributed by atoms with Gasteiger partial charge < -0.3 is 11.1 Å². The van der Waals surface area contributed by atoms with Crippen molar-refractivity contribution in [1.82, 2.24) is 9.97 Å². The average molecular weight is 283 g/mol. The van der Waals surface area contributed by atoms with Gasteiger partial charge in [-0.2, -0.15) is 0 Å². The van der Waals surface area contributed by atoms with E-state index in [1.807, 2.05) is 0 Å². The molecule has 7 heteroatoms. The first-order valence-electron chi connectivity index (χ1n) is 4.90. The van der Waals surface area contributed by atoms with Crippen LogP contribution in [0.4, 0.5) is 15.9 Å². The minimum absolute atomic E-state index is 0.105. The maximum atomic E-state index is 13.2. The van der Waals surface area contributed by atoms with Crippen molar-refractivity contribution in [2.45, 2.75) is 0 Å². The molecule has 0 bridgehead atoms. The van der Waals surface area contributed by atoms with Gasteiger partial charge in [-0.3, -0.25) is 0 Å². The van der Waals surface area contributed by atoms with Crippen molar-refractivity contribution in [3.05, 3.63) is 47.1 Å². The summed E-state index contributed by atoms with van der Waals surface area (Å²) in [5.41, 5.74) is 6.30. The number of halogens is 2. The molecule has 0 amide bonds. The smallest absolute Gasteiger partial charge is 0.159 e. The standard InChI is InChI=1S/C11H8ClFN4S/c12-6-3-7(13)5-8(4-6)17-11-9(10(14)18)15-1-2-16-11/h1-5H,(H2,14,18)(H,16,17). The highest BCUT2D eigenvalue weighted by Gasteiger charge is 2.08. The van der Waals surface area contributed by atoms with Crippen LogP contribution >= 0.6 is 23.8 Å². The number of aromatic nitrogens is 2. The molecule has 1 aromatic heterocycles. The molecule has 3 N–H and O–H groups in total. The normalized spacial score (nSPS) is 10.1. The van der Waals surface area contributed by atoms with Crippen molar-refractivity contribution in [1.29, 1.82) is 0 Å². The molecule has 4 nitrogen and oxygen atoms in total. The fourth-order valence-electron chi connectivity index (χ4n) is 1.37. The molecule has 0 saturated carbocycles. The maximum Gasteiger partial charge on any atom is 0.159 e. The van der Waals surface area contributed by atoms with Gasteiger partial charge in [-0.15, -0.1) is 0 Å². The quantitative estimate of drug-likeness (QED) is 0.848. The molecule has 92 valence electrons. The average Bonchev–Trinajstić information content (AvgIpc) is 2.27. The first kappa shape index (κ1) is 12.7. The highest BCUT2D eigenvalue weighted by atomic mass is 35.5. The van der Waals surface area contributed by atoms with Crippen molar-refractivity contribution in [3.63, 3.8) is 0 Å². The number of hydrogen-bond acceptors (Lipinski definition) is 4. The Morgan fingerprint density at radius 1 is 1.28 bits per heavy atom. The summed E-state index contributed by atoms with van der Waals surface area (Å²) in [6.07, 6.45) is 2.95. The third-order valence-electron chi connectivity index (χ3n) is 2.06. The minimum atomic E-state index is -0.453. The Kier molecular flexibility index (Phi) is 3.69. The van der Waals surface area contributed by atoms with Crippen LogP contribution in [-0.2, 0) is 0 Å². The summed E-state index contributed by atoms with van der Waals surface area (Å²) in [7, 11) is 0. The summed E-state index contributed by atoms with van der Waals surface area (Å²) in [6, 6.07) is 4.05. The fraction of sp³-hybridized carbons (Fsp3) is 0. The number of hydrogen-bond donors (Lipinski definition) is 2. The number of nitrogens with one attached hydrogen (secondary N) is 1. The zero-order valence-electron chi connectivity index (χ0n) is 9.02. The van der Waals surface area contributed by atoms with Crippen LogP contribution in [0.1, 0.15) is 5.69 Å². The van der Waals surface area contributed by atoms with E-state index in [4.69, 9.17) is 29.6 Å². The molecule has 0 aliphatic heterocycles. The van der Waals surface area contributed by atoms with Crippen LogP contribution in [0.3, 0.4) is 0 Å². The van der Waals surface area contributed by atoms with E-state index in [9.17, 15) is 4.39 Å². The number of nitrogens with zero attached hydrogens (tertiary/aromatic N) is 2. The topological polar surface area (TPSA) is 63.8 Å². The fourth-order valence-corrected chi connectivity index (χ4v) is 1.74. The zero-order chi connectivity index (χ0) is 13.1. The van der Waals surface area contributed by atoms with Crippen molar-refractivity contribution in [2.75, 3.05) is 5.32 Å². The molecule has 0 aliphatic rings. The van der Waals surface area contributed by atoms with Gasteiger partial charge in [0.25, 0.3) is 0 Å². The highest BCUT2D eigenvalue weighted by Crippen LogP contribution is 2.22. The summed E-state index contributed by atoms with van der Waals surface area (Å²) in [5, 5.41) is 3.15. The molecule has 0 radical (unpaired) electrons. The number of anilines is 2. The van der Waals surface area contributed by atoms with Crippen molar-refractivity contribution in [2.24, 2.45) is 5.73 Å². The summed E-state index contributed by atoms with van der Waals surface area (Å²) < 4.78 is 13.2. The van der Waals surface area contributed by atoms with E-state index >= 15 is 0 Å². The first-order chi connectivity index (χ1) is 8.56. The van der Waals surface area contributed by atoms with Gasteiger partial charge in [-0.1, -0.05) is 23.8 Å². The summed E-state index contributed by atoms with van der Waals surface area (Å²) >= 11 is 10.6. The predicted octanol–water partition coefficient (Wildman–Crippen LogP) is 2.65. The Hall–Kier alpha value is -1.79. The van der Waals surface area contributed by atoms with E-state index in [0.717, 1.165) is 0 Å². The summed E-state index contributed by atoms with van der Waals surface area (Å²) in [5.74, 6) is -0.0996. The van der Waals surface area contributed by atoms with E-state index in [2.05, 4.69) is 15.3 Å². The van der Waals surface area contributed by atoms with Crippen LogP contribution in [0.2, 0.25) is 5.02 Å². The number of nitrogens with two attached hydrogens (primary N) is 1. The number of thiocarbonyl (C=S) groups is 1. The largest absolute Gasteiger partial charge is 0.388 e. The molecule has 1 heterocycles. The van der Waals surface area contributed by atoms with Gasteiger partial charge in [-0.05, 0) is 18.2 Å². The predicted molar refractivity (Wildman–Crippen MR) is 72.6 cm³/mol. The van der Waals surface area contributed by atoms with Crippen LogP contribution < -0.4 is 11.1 Å². The number of rotatable bonds is 3. The van der Waals surface area contributed by atoms with Crippen molar-refractivity contribution < 1.29 is 4.39 Å². The Bertz CT molecular complexity index is 585. The van der Waals surface area contributed by atoms with Gasteiger partial charge in [-0.25, -0.2) is 14.4 Å². The van der Waals surface area contributed by atoms with Gasteiger partial charge in [0.1, 0.15) is 16.5 Å². The van der Waals surface area contributed by atoms with Crippen molar-refractivity contribution in [3.8, 4) is 0 Å². The second-order valence-electron chi connectivity index (χ2n) is 3.40. The molecule has 0 spiro atoms. The van der Waals surface area contributed by atoms with Crippen LogP contribution in [0.5, 0.6) is 0 Å². The van der Waals surface area contributed by atoms with Gasteiger partial charge >= 0.3 is 0 Å².